The monoisotopic (exact) mass is 458 g/mol. The lowest BCUT2D eigenvalue weighted by molar-refractivity contribution is -0.134. The van der Waals surface area contributed by atoms with E-state index >= 15 is 0 Å². The summed E-state index contributed by atoms with van der Waals surface area (Å²) >= 11 is 0. The number of benzene rings is 3. The number of hydrogen-bond acceptors (Lipinski definition) is 4. The van der Waals surface area contributed by atoms with Crippen molar-refractivity contribution in [3.8, 4) is 11.5 Å². The predicted molar refractivity (Wildman–Crippen MR) is 131 cm³/mol. The second kappa shape index (κ2) is 10.4. The number of rotatable bonds is 7. The van der Waals surface area contributed by atoms with Crippen LogP contribution < -0.4 is 9.47 Å². The molecule has 0 radical (unpaired) electrons. The van der Waals surface area contributed by atoms with E-state index in [0.717, 1.165) is 11.1 Å². The molecule has 3 aromatic rings. The maximum atomic E-state index is 13.7. The second-order valence-electron chi connectivity index (χ2n) is 8.58. The van der Waals surface area contributed by atoms with Crippen molar-refractivity contribution in [3.05, 3.63) is 95.6 Å². The first-order chi connectivity index (χ1) is 16.5. The predicted octanol–water partition coefficient (Wildman–Crippen LogP) is 4.22. The maximum absolute atomic E-state index is 13.7. The molecule has 1 fully saturated rings. The quantitative estimate of drug-likeness (QED) is 0.532. The zero-order valence-electron chi connectivity index (χ0n) is 19.8. The first-order valence-electron chi connectivity index (χ1n) is 11.4. The fourth-order valence-corrected chi connectivity index (χ4v) is 4.65. The van der Waals surface area contributed by atoms with E-state index in [2.05, 4.69) is 0 Å². The second-order valence-corrected chi connectivity index (χ2v) is 8.58. The molecule has 34 heavy (non-hydrogen) atoms. The van der Waals surface area contributed by atoms with Crippen LogP contribution in [0, 0.1) is 5.92 Å². The van der Waals surface area contributed by atoms with Gasteiger partial charge in [-0.05, 0) is 35.9 Å². The molecule has 6 heteroatoms. The Morgan fingerprint density at radius 2 is 1.59 bits per heavy atom. The Balaban J connectivity index is 1.66. The van der Waals surface area contributed by atoms with E-state index in [9.17, 15) is 9.59 Å². The van der Waals surface area contributed by atoms with Crippen LogP contribution >= 0.6 is 0 Å². The fourth-order valence-electron chi connectivity index (χ4n) is 4.65. The fraction of sp³-hybridized carbons (Fsp3) is 0.286. The lowest BCUT2D eigenvalue weighted by Crippen LogP contribution is -2.36. The molecule has 2 atom stereocenters. The number of likely N-dealkylation sites (tertiary alicyclic amines) is 1. The van der Waals surface area contributed by atoms with E-state index in [0.29, 0.717) is 36.7 Å². The van der Waals surface area contributed by atoms with Crippen LogP contribution in [0.25, 0.3) is 0 Å². The van der Waals surface area contributed by atoms with Crippen LogP contribution in [-0.2, 0) is 11.3 Å². The van der Waals surface area contributed by atoms with Gasteiger partial charge in [-0.3, -0.25) is 9.59 Å². The number of ether oxygens (including phenoxy) is 2. The molecule has 6 nitrogen and oxygen atoms in total. The summed E-state index contributed by atoms with van der Waals surface area (Å²) < 4.78 is 11.1. The summed E-state index contributed by atoms with van der Waals surface area (Å²) in [7, 11) is 5.05. The Hall–Kier alpha value is -3.80. The summed E-state index contributed by atoms with van der Waals surface area (Å²) in [6.07, 6.45) is 0. The van der Waals surface area contributed by atoms with Crippen molar-refractivity contribution in [1.29, 1.82) is 0 Å². The molecular weight excluding hydrogens is 428 g/mol. The highest BCUT2D eigenvalue weighted by Crippen LogP contribution is 2.40. The first-order valence-corrected chi connectivity index (χ1v) is 11.4. The van der Waals surface area contributed by atoms with Crippen molar-refractivity contribution in [2.24, 2.45) is 5.92 Å². The number of hydrogen-bond donors (Lipinski definition) is 0. The van der Waals surface area contributed by atoms with E-state index in [4.69, 9.17) is 9.47 Å². The molecule has 0 saturated carbocycles. The van der Waals surface area contributed by atoms with Crippen LogP contribution in [0.4, 0.5) is 0 Å². The molecule has 4 rings (SSSR count). The van der Waals surface area contributed by atoms with Gasteiger partial charge in [0.25, 0.3) is 5.91 Å². The third kappa shape index (κ3) is 4.91. The molecule has 1 saturated heterocycles. The summed E-state index contributed by atoms with van der Waals surface area (Å²) in [5, 5.41) is 0. The molecule has 1 heterocycles. The summed E-state index contributed by atoms with van der Waals surface area (Å²) in [5.74, 6) is 0.678. The van der Waals surface area contributed by atoms with Crippen molar-refractivity contribution in [1.82, 2.24) is 9.80 Å². The molecule has 0 unspecified atom stereocenters. The van der Waals surface area contributed by atoms with E-state index in [1.165, 1.54) is 0 Å². The Morgan fingerprint density at radius 3 is 2.24 bits per heavy atom. The number of methoxy groups -OCH3 is 2. The first kappa shape index (κ1) is 23.4. The van der Waals surface area contributed by atoms with Gasteiger partial charge < -0.3 is 19.3 Å². The summed E-state index contributed by atoms with van der Waals surface area (Å²) in [5.41, 5.74) is 2.55. The van der Waals surface area contributed by atoms with Crippen LogP contribution in [0.3, 0.4) is 0 Å². The van der Waals surface area contributed by atoms with Crippen molar-refractivity contribution in [2.45, 2.75) is 12.5 Å². The minimum atomic E-state index is -0.401. The molecule has 2 amide bonds. The van der Waals surface area contributed by atoms with Crippen LogP contribution in [0.1, 0.15) is 27.4 Å². The van der Waals surface area contributed by atoms with Crippen molar-refractivity contribution in [3.63, 3.8) is 0 Å². The molecule has 1 aliphatic heterocycles. The topological polar surface area (TPSA) is 59.1 Å². The van der Waals surface area contributed by atoms with Gasteiger partial charge in [0, 0.05) is 43.7 Å². The maximum Gasteiger partial charge on any atom is 0.253 e. The number of amides is 2. The molecule has 1 aliphatic rings. The Kier molecular flexibility index (Phi) is 7.16. The van der Waals surface area contributed by atoms with Gasteiger partial charge >= 0.3 is 0 Å². The molecule has 0 bridgehead atoms. The van der Waals surface area contributed by atoms with Crippen LogP contribution in [-0.4, -0.2) is 56.0 Å². The third-order valence-electron chi connectivity index (χ3n) is 6.42. The largest absolute Gasteiger partial charge is 0.497 e. The lowest BCUT2D eigenvalue weighted by atomic mass is 9.87. The number of carbonyl (C=O) groups excluding carboxylic acids is 2. The van der Waals surface area contributed by atoms with E-state index < -0.39 is 5.92 Å². The SMILES string of the molecule is COc1ccc(OC)c([C@@H]2CN(C(=O)c3ccccc3)C[C@H]2C(=O)N(C)Cc2ccccc2)c1. The highest BCUT2D eigenvalue weighted by molar-refractivity contribution is 5.95. The van der Waals surface area contributed by atoms with E-state index in [1.807, 2.05) is 73.8 Å². The van der Waals surface area contributed by atoms with Crippen LogP contribution in [0.5, 0.6) is 11.5 Å². The Morgan fingerprint density at radius 1 is 0.912 bits per heavy atom. The van der Waals surface area contributed by atoms with Crippen LogP contribution in [0.2, 0.25) is 0 Å². The standard InChI is InChI=1S/C28H30N2O4/c1-29(17-20-10-6-4-7-11-20)28(32)25-19-30(27(31)21-12-8-5-9-13-21)18-24(25)23-16-22(33-2)14-15-26(23)34-3/h4-16,24-25H,17-19H2,1-3H3/t24-,25+/m0/s1. The molecule has 3 aromatic carbocycles. The van der Waals surface area contributed by atoms with Gasteiger partial charge in [-0.25, -0.2) is 0 Å². The Labute approximate surface area is 200 Å². The molecule has 0 spiro atoms. The average molecular weight is 459 g/mol. The highest BCUT2D eigenvalue weighted by Gasteiger charge is 2.43. The van der Waals surface area contributed by atoms with Gasteiger partial charge in [-0.2, -0.15) is 0 Å². The normalized spacial score (nSPS) is 17.3. The van der Waals surface area contributed by atoms with Crippen molar-refractivity contribution in [2.75, 3.05) is 34.4 Å². The molecule has 0 aromatic heterocycles. The van der Waals surface area contributed by atoms with Crippen molar-refractivity contribution < 1.29 is 19.1 Å². The Bertz CT molecular complexity index is 1130. The summed E-state index contributed by atoms with van der Waals surface area (Å²) in [6, 6.07) is 24.7. The zero-order valence-corrected chi connectivity index (χ0v) is 19.8. The van der Waals surface area contributed by atoms with E-state index in [-0.39, 0.29) is 17.7 Å². The number of nitrogens with zero attached hydrogens (tertiary/aromatic N) is 2. The minimum absolute atomic E-state index is 0.00193. The molecule has 176 valence electrons. The third-order valence-corrected chi connectivity index (χ3v) is 6.42. The van der Waals surface area contributed by atoms with Crippen LogP contribution in [0.15, 0.2) is 78.9 Å². The molecule has 0 aliphatic carbocycles. The molecular formula is C28H30N2O4. The van der Waals surface area contributed by atoms with E-state index in [1.54, 1.807) is 36.2 Å². The van der Waals surface area contributed by atoms with Gasteiger partial charge in [-0.1, -0.05) is 48.5 Å². The molecule has 0 N–H and O–H groups in total. The van der Waals surface area contributed by atoms with Crippen molar-refractivity contribution >= 4 is 11.8 Å². The zero-order chi connectivity index (χ0) is 24.1. The van der Waals surface area contributed by atoms with Gasteiger partial charge in [0.2, 0.25) is 5.91 Å². The number of carbonyl (C=O) groups is 2. The lowest BCUT2D eigenvalue weighted by Gasteiger charge is -2.25. The van der Waals surface area contributed by atoms with Gasteiger partial charge in [0.15, 0.2) is 0 Å². The highest BCUT2D eigenvalue weighted by atomic mass is 16.5. The average Bonchev–Trinajstić information content (AvgIpc) is 3.33. The van der Waals surface area contributed by atoms with Gasteiger partial charge in [-0.15, -0.1) is 0 Å². The van der Waals surface area contributed by atoms with Gasteiger partial charge in [0.1, 0.15) is 11.5 Å². The smallest absolute Gasteiger partial charge is 0.253 e. The van der Waals surface area contributed by atoms with Gasteiger partial charge in [0.05, 0.1) is 20.1 Å². The summed E-state index contributed by atoms with van der Waals surface area (Å²) in [6.45, 7) is 1.27. The minimum Gasteiger partial charge on any atom is -0.497 e. The summed E-state index contributed by atoms with van der Waals surface area (Å²) in [4.78, 5) is 30.5.